The first-order chi connectivity index (χ1) is 10.3. The summed E-state index contributed by atoms with van der Waals surface area (Å²) >= 11 is 0. The number of ether oxygens (including phenoxy) is 2. The maximum atomic E-state index is 12.5. The molecule has 0 aromatic carbocycles. The van der Waals surface area contributed by atoms with E-state index in [2.05, 4.69) is 15.5 Å². The zero-order valence-corrected chi connectivity index (χ0v) is 13.2. The topological polar surface area (TPSA) is 62.8 Å². The van der Waals surface area contributed by atoms with Gasteiger partial charge in [-0.1, -0.05) is 0 Å². The van der Waals surface area contributed by atoms with Crippen LogP contribution >= 0.6 is 0 Å². The van der Waals surface area contributed by atoms with Crippen molar-refractivity contribution >= 4 is 5.91 Å². The van der Waals surface area contributed by atoms with Gasteiger partial charge in [0.15, 0.2) is 0 Å². The van der Waals surface area contributed by atoms with Crippen LogP contribution in [-0.2, 0) is 14.3 Å². The summed E-state index contributed by atoms with van der Waals surface area (Å²) in [6, 6.07) is 0. The number of amides is 1. The highest BCUT2D eigenvalue weighted by molar-refractivity contribution is 5.82. The Morgan fingerprint density at radius 2 is 2.05 bits per heavy atom. The molecular weight excluding hydrogens is 270 g/mol. The Morgan fingerprint density at radius 1 is 1.33 bits per heavy atom. The van der Waals surface area contributed by atoms with Crippen LogP contribution in [0.15, 0.2) is 0 Å². The van der Waals surface area contributed by atoms with Crippen LogP contribution in [0, 0.1) is 5.41 Å². The van der Waals surface area contributed by atoms with Crippen molar-refractivity contribution in [3.8, 4) is 0 Å². The van der Waals surface area contributed by atoms with E-state index in [0.29, 0.717) is 6.61 Å². The first kappa shape index (κ1) is 16.7. The smallest absolute Gasteiger partial charge is 0.228 e. The van der Waals surface area contributed by atoms with Gasteiger partial charge in [0.1, 0.15) is 0 Å². The summed E-state index contributed by atoms with van der Waals surface area (Å²) in [5.74, 6) is 0.160. The van der Waals surface area contributed by atoms with E-state index < -0.39 is 0 Å². The average molecular weight is 299 g/mol. The molecule has 0 spiro atoms. The van der Waals surface area contributed by atoms with Gasteiger partial charge in [0, 0.05) is 26.7 Å². The third kappa shape index (κ3) is 4.92. The Bertz CT molecular complexity index is 308. The zero-order valence-electron chi connectivity index (χ0n) is 13.2. The molecule has 0 aromatic heterocycles. The molecule has 6 nitrogen and oxygen atoms in total. The lowest BCUT2D eigenvalue weighted by atomic mass is 9.78. The van der Waals surface area contributed by atoms with Crippen molar-refractivity contribution in [2.45, 2.75) is 19.3 Å². The number of morpholine rings is 1. The summed E-state index contributed by atoms with van der Waals surface area (Å²) in [6.45, 7) is 7.75. The zero-order chi connectivity index (χ0) is 15.0. The predicted molar refractivity (Wildman–Crippen MR) is 81.3 cm³/mol. The van der Waals surface area contributed by atoms with E-state index in [9.17, 15) is 4.79 Å². The molecule has 21 heavy (non-hydrogen) atoms. The summed E-state index contributed by atoms with van der Waals surface area (Å²) < 4.78 is 10.6. The second kappa shape index (κ2) is 8.68. The van der Waals surface area contributed by atoms with Gasteiger partial charge >= 0.3 is 0 Å². The van der Waals surface area contributed by atoms with Crippen LogP contribution in [0.3, 0.4) is 0 Å². The molecule has 0 unspecified atom stereocenters. The van der Waals surface area contributed by atoms with Gasteiger partial charge in [-0.2, -0.15) is 0 Å². The first-order valence-electron chi connectivity index (χ1n) is 8.05. The maximum Gasteiger partial charge on any atom is 0.228 e. The largest absolute Gasteiger partial charge is 0.384 e. The number of hydrogen-bond acceptors (Lipinski definition) is 5. The highest BCUT2D eigenvalue weighted by Gasteiger charge is 2.39. The van der Waals surface area contributed by atoms with Gasteiger partial charge in [0.05, 0.1) is 25.2 Å². The van der Waals surface area contributed by atoms with Gasteiger partial charge in [-0.15, -0.1) is 0 Å². The van der Waals surface area contributed by atoms with E-state index in [0.717, 1.165) is 71.7 Å². The van der Waals surface area contributed by atoms with Crippen molar-refractivity contribution in [3.63, 3.8) is 0 Å². The normalized spacial score (nSPS) is 22.9. The number of carbonyl (C=O) groups excluding carboxylic acids is 1. The average Bonchev–Trinajstić information content (AvgIpc) is 2.53. The Morgan fingerprint density at radius 3 is 2.71 bits per heavy atom. The molecule has 0 aliphatic carbocycles. The molecule has 2 saturated heterocycles. The van der Waals surface area contributed by atoms with Gasteiger partial charge in [0.25, 0.3) is 0 Å². The maximum absolute atomic E-state index is 12.5. The second-order valence-electron chi connectivity index (χ2n) is 6.03. The molecule has 0 bridgehead atoms. The standard InChI is InChI=1S/C15H29N3O3/c1-20-13-15(3-6-16-7-4-15)14(19)17-5-2-8-18-9-11-21-12-10-18/h16H,2-13H2,1H3,(H,17,19). The van der Waals surface area contributed by atoms with E-state index in [1.54, 1.807) is 7.11 Å². The van der Waals surface area contributed by atoms with Gasteiger partial charge in [0.2, 0.25) is 5.91 Å². The van der Waals surface area contributed by atoms with Crippen LogP contribution in [0.25, 0.3) is 0 Å². The van der Waals surface area contributed by atoms with Crippen molar-refractivity contribution in [2.75, 3.05) is 66.2 Å². The molecule has 2 aliphatic rings. The lowest BCUT2D eigenvalue weighted by Gasteiger charge is -2.35. The lowest BCUT2D eigenvalue weighted by Crippen LogP contribution is -2.50. The van der Waals surface area contributed by atoms with E-state index in [4.69, 9.17) is 9.47 Å². The first-order valence-corrected chi connectivity index (χ1v) is 8.05. The fourth-order valence-corrected chi connectivity index (χ4v) is 3.14. The van der Waals surface area contributed by atoms with Gasteiger partial charge < -0.3 is 20.1 Å². The van der Waals surface area contributed by atoms with E-state index in [1.807, 2.05) is 0 Å². The molecule has 6 heteroatoms. The molecule has 2 fully saturated rings. The minimum atomic E-state index is -0.334. The molecule has 2 rings (SSSR count). The van der Waals surface area contributed by atoms with Crippen LogP contribution in [0.1, 0.15) is 19.3 Å². The Hall–Kier alpha value is -0.690. The highest BCUT2D eigenvalue weighted by atomic mass is 16.5. The van der Waals surface area contributed by atoms with Crippen LogP contribution in [0.5, 0.6) is 0 Å². The SMILES string of the molecule is COCC1(C(=O)NCCCN2CCOCC2)CCNCC1. The number of carbonyl (C=O) groups is 1. The summed E-state index contributed by atoms with van der Waals surface area (Å²) in [5.41, 5.74) is -0.334. The number of rotatable bonds is 7. The number of methoxy groups -OCH3 is 1. The fourth-order valence-electron chi connectivity index (χ4n) is 3.14. The fraction of sp³-hybridized carbons (Fsp3) is 0.933. The van der Waals surface area contributed by atoms with Crippen molar-refractivity contribution < 1.29 is 14.3 Å². The van der Waals surface area contributed by atoms with E-state index >= 15 is 0 Å². The second-order valence-corrected chi connectivity index (χ2v) is 6.03. The van der Waals surface area contributed by atoms with Gasteiger partial charge in [-0.3, -0.25) is 9.69 Å². The van der Waals surface area contributed by atoms with Crippen LogP contribution in [0.4, 0.5) is 0 Å². The van der Waals surface area contributed by atoms with Gasteiger partial charge in [-0.05, 0) is 38.9 Å². The number of piperidine rings is 1. The minimum absolute atomic E-state index is 0.160. The summed E-state index contributed by atoms with van der Waals surface area (Å²) in [4.78, 5) is 14.9. The van der Waals surface area contributed by atoms with Crippen LogP contribution < -0.4 is 10.6 Å². The summed E-state index contributed by atoms with van der Waals surface area (Å²) in [5, 5.41) is 6.42. The molecule has 1 amide bonds. The molecule has 0 aromatic rings. The van der Waals surface area contributed by atoms with Crippen LogP contribution in [-0.4, -0.2) is 77.0 Å². The third-order valence-corrected chi connectivity index (χ3v) is 4.50. The highest BCUT2D eigenvalue weighted by Crippen LogP contribution is 2.29. The predicted octanol–water partition coefficient (Wildman–Crippen LogP) is -0.159. The Kier molecular flexibility index (Phi) is 6.89. The summed E-state index contributed by atoms with van der Waals surface area (Å²) in [6.07, 6.45) is 2.71. The molecule has 2 aliphatic heterocycles. The monoisotopic (exact) mass is 299 g/mol. The quantitative estimate of drug-likeness (QED) is 0.640. The Balaban J connectivity index is 1.69. The Labute approximate surface area is 127 Å². The van der Waals surface area contributed by atoms with Crippen molar-refractivity contribution in [3.05, 3.63) is 0 Å². The lowest BCUT2D eigenvalue weighted by molar-refractivity contribution is -0.136. The van der Waals surface area contributed by atoms with Gasteiger partial charge in [-0.25, -0.2) is 0 Å². The molecule has 0 saturated carbocycles. The molecule has 2 N–H and O–H groups in total. The van der Waals surface area contributed by atoms with Crippen LogP contribution in [0.2, 0.25) is 0 Å². The molecule has 122 valence electrons. The number of nitrogens with one attached hydrogen (secondary N) is 2. The number of nitrogens with zero attached hydrogens (tertiary/aromatic N) is 1. The summed E-state index contributed by atoms with van der Waals surface area (Å²) in [7, 11) is 1.68. The van der Waals surface area contributed by atoms with Crippen molar-refractivity contribution in [2.24, 2.45) is 5.41 Å². The molecular formula is C15H29N3O3. The molecule has 2 heterocycles. The molecule has 0 atom stereocenters. The third-order valence-electron chi connectivity index (χ3n) is 4.50. The van der Waals surface area contributed by atoms with Crippen molar-refractivity contribution in [1.29, 1.82) is 0 Å². The van der Waals surface area contributed by atoms with Crippen molar-refractivity contribution in [1.82, 2.24) is 15.5 Å². The van der Waals surface area contributed by atoms with E-state index in [1.165, 1.54) is 0 Å². The molecule has 0 radical (unpaired) electrons. The van der Waals surface area contributed by atoms with E-state index in [-0.39, 0.29) is 11.3 Å². The minimum Gasteiger partial charge on any atom is -0.384 e. The number of hydrogen-bond donors (Lipinski definition) is 2.